The number of likely N-dealkylation sites (N-methyl/N-ethyl adjacent to an activating group) is 1. The molecule has 0 bridgehead atoms. The highest BCUT2D eigenvalue weighted by molar-refractivity contribution is 5.83. The van der Waals surface area contributed by atoms with Gasteiger partial charge in [0, 0.05) is 82.5 Å². The van der Waals surface area contributed by atoms with Crippen molar-refractivity contribution in [3.05, 3.63) is 42.2 Å². The SMILES string of the molecule is CC[C@H]1OC(=O)[C@H](C)[C@@H](O[C@H]2CC(C)(OC)[C@@H](O)[C@H](C)O2)[C@H](C)[C@@H](O[C@@H]2O[C@H](C)C[C@H](N(C)CCC(=O)N[C@H](CO)[C@H](OC)c3ccc(-c4cnc(N)nc4)cc3)[C@H]2O)C(C)(OC)C[C@@H](C)C(=O)[C@H](C)[C@@H](O)C1(C)O. The monoisotopic (exact) mass is 1060 g/mol. The highest BCUT2D eigenvalue weighted by atomic mass is 16.7. The number of nitrogens with one attached hydrogen (secondary N) is 1. The Balaban J connectivity index is 1.42. The highest BCUT2D eigenvalue weighted by Gasteiger charge is 2.54. The molecule has 75 heavy (non-hydrogen) atoms. The van der Waals surface area contributed by atoms with Gasteiger partial charge < -0.3 is 79.4 Å². The van der Waals surface area contributed by atoms with Crippen molar-refractivity contribution in [3.63, 3.8) is 0 Å². The summed E-state index contributed by atoms with van der Waals surface area (Å²) in [5.74, 6) is -5.18. The highest BCUT2D eigenvalue weighted by Crippen LogP contribution is 2.42. The number of benzene rings is 1. The fourth-order valence-corrected chi connectivity index (χ4v) is 11.3. The number of ketones is 1. The maximum atomic E-state index is 14.5. The van der Waals surface area contributed by atoms with E-state index in [2.05, 4.69) is 15.3 Å². The molecule has 0 radical (unpaired) electrons. The summed E-state index contributed by atoms with van der Waals surface area (Å²) in [4.78, 5) is 52.3. The van der Waals surface area contributed by atoms with Crippen molar-refractivity contribution < 1.29 is 77.8 Å². The van der Waals surface area contributed by atoms with Crippen LogP contribution in [0.2, 0.25) is 0 Å². The van der Waals surface area contributed by atoms with Crippen LogP contribution in [0.4, 0.5) is 5.95 Å². The molecule has 3 aliphatic rings. The van der Waals surface area contributed by atoms with Crippen molar-refractivity contribution in [2.45, 2.75) is 198 Å². The van der Waals surface area contributed by atoms with E-state index in [0.717, 1.165) is 16.7 Å². The predicted octanol–water partition coefficient (Wildman–Crippen LogP) is 3.10. The third-order valence-electron chi connectivity index (χ3n) is 16.3. The zero-order chi connectivity index (χ0) is 55.9. The first kappa shape index (κ1) is 62.0. The number of nitrogen functional groups attached to an aromatic ring is 1. The van der Waals surface area contributed by atoms with E-state index in [4.69, 9.17) is 43.6 Å². The van der Waals surface area contributed by atoms with Crippen molar-refractivity contribution in [3.8, 4) is 11.1 Å². The Morgan fingerprint density at radius 2 is 1.52 bits per heavy atom. The number of esters is 1. The lowest BCUT2D eigenvalue weighted by molar-refractivity contribution is -0.319. The minimum absolute atomic E-state index is 0.00768. The lowest BCUT2D eigenvalue weighted by atomic mass is 9.74. The molecule has 20 atom stereocenters. The van der Waals surface area contributed by atoms with Gasteiger partial charge in [0.15, 0.2) is 12.6 Å². The number of hydrogen-bond acceptors (Lipinski definition) is 20. The molecule has 3 saturated heterocycles. The Morgan fingerprint density at radius 1 is 0.893 bits per heavy atom. The van der Waals surface area contributed by atoms with Crippen LogP contribution < -0.4 is 11.1 Å². The number of nitrogens with two attached hydrogens (primary N) is 1. The maximum absolute atomic E-state index is 14.5. The maximum Gasteiger partial charge on any atom is 0.311 e. The second-order valence-electron chi connectivity index (χ2n) is 21.9. The fourth-order valence-electron chi connectivity index (χ4n) is 11.3. The molecule has 8 N–H and O–H groups in total. The lowest BCUT2D eigenvalue weighted by Crippen LogP contribution is -2.61. The number of ether oxygens (including phenoxy) is 8. The first-order chi connectivity index (χ1) is 35.2. The minimum Gasteiger partial charge on any atom is -0.459 e. The zero-order valence-electron chi connectivity index (χ0n) is 46.4. The van der Waals surface area contributed by atoms with Crippen LogP contribution in [0.1, 0.15) is 113 Å². The normalized spacial score (nSPS) is 38.3. The molecule has 0 aliphatic carbocycles. The van der Waals surface area contributed by atoms with E-state index >= 15 is 0 Å². The van der Waals surface area contributed by atoms with Crippen LogP contribution in [0, 0.1) is 23.7 Å². The van der Waals surface area contributed by atoms with Crippen LogP contribution in [-0.4, -0.2) is 190 Å². The molecular formula is C54H87N5O16. The third-order valence-corrected chi connectivity index (χ3v) is 16.3. The van der Waals surface area contributed by atoms with Gasteiger partial charge in [-0.1, -0.05) is 52.0 Å². The molecule has 1 aromatic carbocycles. The summed E-state index contributed by atoms with van der Waals surface area (Å²) in [7, 11) is 6.23. The van der Waals surface area contributed by atoms with E-state index in [9.17, 15) is 39.9 Å². The Hall–Kier alpha value is -3.81. The number of anilines is 1. The average molecular weight is 1060 g/mol. The average Bonchev–Trinajstić information content (AvgIpc) is 3.38. The summed E-state index contributed by atoms with van der Waals surface area (Å²) in [6, 6.07) is 6.01. The second-order valence-corrected chi connectivity index (χ2v) is 21.9. The molecular weight excluding hydrogens is 975 g/mol. The molecule has 2 aromatic rings. The van der Waals surface area contributed by atoms with Gasteiger partial charge in [-0.3, -0.25) is 14.4 Å². The summed E-state index contributed by atoms with van der Waals surface area (Å²) in [6.45, 7) is 16.5. The van der Waals surface area contributed by atoms with Crippen molar-refractivity contribution in [1.29, 1.82) is 0 Å². The number of amides is 1. The standard InChI is InChI=1S/C54H87N5O16/c1-15-39-54(10,67)46(64)30(4)42(62)28(2)23-53(9,70-14)48(31(5)44(32(6)49(66)73-39)74-41-24-52(8,69-13)47(65)33(7)72-41)75-50-43(63)38(22-29(3)71-50)59(11)21-20-40(61)58-37(27-60)45(68-12)35-18-16-34(17-19-35)36-25-56-51(55)57-26-36/h16-19,25-26,28-33,37-39,41,43-48,50,60,63-65,67H,15,20-24,27H2,1-14H3,(H,58,61)(H2,55,56,57)/t28-,29-,30+,31+,32-,33+,37-,38+,39-,41+,43-,44+,45-,46-,47+,48-,50+,52?,53?,54?/m1/s1. The van der Waals surface area contributed by atoms with Gasteiger partial charge in [0.05, 0.1) is 60.3 Å². The van der Waals surface area contributed by atoms with E-state index in [1.165, 1.54) is 35.2 Å². The molecule has 21 heteroatoms. The van der Waals surface area contributed by atoms with Gasteiger partial charge in [-0.25, -0.2) is 9.97 Å². The van der Waals surface area contributed by atoms with E-state index in [-0.39, 0.29) is 49.9 Å². The first-order valence-electron chi connectivity index (χ1n) is 26.2. The van der Waals surface area contributed by atoms with Gasteiger partial charge >= 0.3 is 5.97 Å². The summed E-state index contributed by atoms with van der Waals surface area (Å²) in [6.07, 6.45) is -7.89. The van der Waals surface area contributed by atoms with Crippen molar-refractivity contribution in [1.82, 2.24) is 20.2 Å². The molecule has 424 valence electrons. The van der Waals surface area contributed by atoms with E-state index in [1.54, 1.807) is 67.9 Å². The Morgan fingerprint density at radius 3 is 2.09 bits per heavy atom. The van der Waals surface area contributed by atoms with E-state index < -0.39 is 133 Å². The number of hydrogen-bond donors (Lipinski definition) is 7. The molecule has 1 aromatic heterocycles. The van der Waals surface area contributed by atoms with Crippen molar-refractivity contribution >= 4 is 23.6 Å². The van der Waals surface area contributed by atoms with Gasteiger partial charge in [0.1, 0.15) is 35.8 Å². The van der Waals surface area contributed by atoms with Gasteiger partial charge in [0.25, 0.3) is 0 Å². The molecule has 5 rings (SSSR count). The van der Waals surface area contributed by atoms with Crippen LogP contribution in [0.3, 0.4) is 0 Å². The lowest BCUT2D eigenvalue weighted by Gasteiger charge is -2.50. The topological polar surface area (TPSA) is 293 Å². The van der Waals surface area contributed by atoms with Crippen molar-refractivity contribution in [2.75, 3.05) is 47.3 Å². The molecule has 3 fully saturated rings. The van der Waals surface area contributed by atoms with Crippen LogP contribution in [0.25, 0.3) is 11.1 Å². The number of aliphatic hydroxyl groups is 5. The Kier molecular flexibility index (Phi) is 21.7. The second kappa shape index (κ2) is 26.2. The number of rotatable bonds is 17. The molecule has 21 nitrogen and oxygen atoms in total. The largest absolute Gasteiger partial charge is 0.459 e. The zero-order valence-corrected chi connectivity index (χ0v) is 46.4. The summed E-state index contributed by atoms with van der Waals surface area (Å²) >= 11 is 0. The number of aliphatic hydroxyl groups excluding tert-OH is 4. The van der Waals surface area contributed by atoms with Gasteiger partial charge in [0.2, 0.25) is 11.9 Å². The van der Waals surface area contributed by atoms with Crippen LogP contribution in [-0.2, 0) is 52.3 Å². The van der Waals surface area contributed by atoms with E-state index in [1.807, 2.05) is 36.1 Å². The van der Waals surface area contributed by atoms with Crippen LogP contribution in [0.15, 0.2) is 36.7 Å². The number of nitrogens with zero attached hydrogens (tertiary/aromatic N) is 3. The molecule has 1 amide bonds. The molecule has 4 heterocycles. The predicted molar refractivity (Wildman–Crippen MR) is 275 cm³/mol. The molecule has 3 unspecified atom stereocenters. The number of methoxy groups -OCH3 is 3. The summed E-state index contributed by atoms with van der Waals surface area (Å²) in [5.41, 5.74) is 3.46. The summed E-state index contributed by atoms with van der Waals surface area (Å²) in [5, 5.41) is 60.2. The van der Waals surface area contributed by atoms with Gasteiger partial charge in [-0.15, -0.1) is 0 Å². The number of aromatic nitrogens is 2. The minimum atomic E-state index is -2.03. The van der Waals surface area contributed by atoms with Crippen LogP contribution in [0.5, 0.6) is 0 Å². The number of cyclic esters (lactones) is 1. The number of carbonyl (C=O) groups is 3. The van der Waals surface area contributed by atoms with Gasteiger partial charge in [-0.2, -0.15) is 0 Å². The Bertz CT molecular complexity index is 2160. The molecule has 0 saturated carbocycles. The van der Waals surface area contributed by atoms with Crippen LogP contribution >= 0.6 is 0 Å². The molecule has 3 aliphatic heterocycles. The quantitative estimate of drug-likeness (QED) is 0.112. The smallest absolute Gasteiger partial charge is 0.311 e. The summed E-state index contributed by atoms with van der Waals surface area (Å²) < 4.78 is 50.4. The Labute approximate surface area is 442 Å². The fraction of sp³-hybridized carbons (Fsp3) is 0.759. The van der Waals surface area contributed by atoms with E-state index in [0.29, 0.717) is 6.42 Å². The van der Waals surface area contributed by atoms with Crippen molar-refractivity contribution in [2.24, 2.45) is 23.7 Å². The molecule has 0 spiro atoms. The van der Waals surface area contributed by atoms with Gasteiger partial charge in [-0.05, 0) is 79.0 Å². The number of Topliss-reactive ketones (excluding diaryl/α,β-unsaturated/α-hetero) is 1. The number of carbonyl (C=O) groups excluding carboxylic acids is 3. The first-order valence-corrected chi connectivity index (χ1v) is 26.2. The third kappa shape index (κ3) is 14.3.